The third-order valence-electron chi connectivity index (χ3n) is 1.49. The summed E-state index contributed by atoms with van der Waals surface area (Å²) in [7, 11) is 1.95. The molecule has 1 atom stereocenters. The SMILES string of the molecule is CNC(C)C(C)(C)S. The Morgan fingerprint density at radius 3 is 1.88 bits per heavy atom. The van der Waals surface area contributed by atoms with Crippen molar-refractivity contribution in [2.75, 3.05) is 7.05 Å². The lowest BCUT2D eigenvalue weighted by atomic mass is 10.1. The van der Waals surface area contributed by atoms with E-state index in [-0.39, 0.29) is 4.75 Å². The first-order valence-electron chi connectivity index (χ1n) is 2.88. The molecule has 0 fully saturated rings. The Labute approximate surface area is 57.3 Å². The molecule has 0 aliphatic rings. The molecule has 0 aromatic rings. The van der Waals surface area contributed by atoms with Gasteiger partial charge in [0.25, 0.3) is 0 Å². The van der Waals surface area contributed by atoms with Crippen LogP contribution in [0.4, 0.5) is 0 Å². The minimum atomic E-state index is 0.0920. The predicted octanol–water partition coefficient (Wildman–Crippen LogP) is 1.30. The van der Waals surface area contributed by atoms with Crippen molar-refractivity contribution in [3.8, 4) is 0 Å². The maximum absolute atomic E-state index is 4.37. The summed E-state index contributed by atoms with van der Waals surface area (Å²) in [6.45, 7) is 6.31. The van der Waals surface area contributed by atoms with Crippen molar-refractivity contribution in [3.63, 3.8) is 0 Å². The zero-order chi connectivity index (χ0) is 6.78. The summed E-state index contributed by atoms with van der Waals surface area (Å²) in [6, 6.07) is 0.464. The van der Waals surface area contributed by atoms with Crippen LogP contribution in [0.15, 0.2) is 0 Å². The molecule has 50 valence electrons. The van der Waals surface area contributed by atoms with Crippen molar-refractivity contribution in [1.82, 2.24) is 5.32 Å². The van der Waals surface area contributed by atoms with Crippen LogP contribution in [0.2, 0.25) is 0 Å². The van der Waals surface area contributed by atoms with Crippen LogP contribution in [0.1, 0.15) is 20.8 Å². The van der Waals surface area contributed by atoms with Crippen molar-refractivity contribution in [1.29, 1.82) is 0 Å². The number of nitrogens with one attached hydrogen (secondary N) is 1. The number of thiol groups is 1. The first kappa shape index (κ1) is 8.31. The molecule has 0 heterocycles. The molecule has 0 aliphatic heterocycles. The van der Waals surface area contributed by atoms with Crippen molar-refractivity contribution in [3.05, 3.63) is 0 Å². The van der Waals surface area contributed by atoms with Crippen LogP contribution < -0.4 is 5.32 Å². The molecule has 0 aromatic heterocycles. The van der Waals surface area contributed by atoms with E-state index in [1.54, 1.807) is 0 Å². The second-order valence-corrected chi connectivity index (χ2v) is 3.82. The molecule has 0 amide bonds. The standard InChI is InChI=1S/C6H15NS/c1-5(7-4)6(2,3)8/h5,7-8H,1-4H3. The molecule has 0 aliphatic carbocycles. The fraction of sp³-hybridized carbons (Fsp3) is 1.00. The van der Waals surface area contributed by atoms with Crippen LogP contribution in [-0.2, 0) is 0 Å². The van der Waals surface area contributed by atoms with Crippen LogP contribution in [0.25, 0.3) is 0 Å². The molecule has 1 N–H and O–H groups in total. The van der Waals surface area contributed by atoms with Crippen LogP contribution in [-0.4, -0.2) is 17.8 Å². The molecule has 0 saturated heterocycles. The van der Waals surface area contributed by atoms with E-state index in [9.17, 15) is 0 Å². The van der Waals surface area contributed by atoms with Gasteiger partial charge in [0, 0.05) is 10.8 Å². The van der Waals surface area contributed by atoms with E-state index in [0.717, 1.165) is 0 Å². The summed E-state index contributed by atoms with van der Waals surface area (Å²) in [6.07, 6.45) is 0. The van der Waals surface area contributed by atoms with Crippen molar-refractivity contribution in [2.24, 2.45) is 0 Å². The largest absolute Gasteiger partial charge is 0.316 e. The fourth-order valence-corrected chi connectivity index (χ4v) is 0.482. The quantitative estimate of drug-likeness (QED) is 0.541. The smallest absolute Gasteiger partial charge is 0.0223 e. The average Bonchev–Trinajstić information content (AvgIpc) is 1.62. The highest BCUT2D eigenvalue weighted by Gasteiger charge is 2.18. The van der Waals surface area contributed by atoms with Crippen molar-refractivity contribution < 1.29 is 0 Å². The van der Waals surface area contributed by atoms with Gasteiger partial charge in [-0.15, -0.1) is 0 Å². The lowest BCUT2D eigenvalue weighted by molar-refractivity contribution is 0.502. The minimum Gasteiger partial charge on any atom is -0.316 e. The molecule has 0 radical (unpaired) electrons. The second-order valence-electron chi connectivity index (χ2n) is 2.66. The molecule has 0 aromatic carbocycles. The molecule has 1 nitrogen and oxygen atoms in total. The molecule has 8 heavy (non-hydrogen) atoms. The van der Waals surface area contributed by atoms with Gasteiger partial charge in [0.05, 0.1) is 0 Å². The first-order chi connectivity index (χ1) is 3.48. The van der Waals surface area contributed by atoms with Gasteiger partial charge in [-0.05, 0) is 27.8 Å². The monoisotopic (exact) mass is 133 g/mol. The molecule has 0 saturated carbocycles. The van der Waals surface area contributed by atoms with Gasteiger partial charge in [0.15, 0.2) is 0 Å². The molecule has 1 unspecified atom stereocenters. The molecule has 0 rings (SSSR count). The Bertz CT molecular complexity index is 65.4. The van der Waals surface area contributed by atoms with Gasteiger partial charge in [-0.2, -0.15) is 12.6 Å². The third-order valence-corrected chi connectivity index (χ3v) is 1.88. The summed E-state index contributed by atoms with van der Waals surface area (Å²) in [5.41, 5.74) is 0. The Balaban J connectivity index is 3.62. The van der Waals surface area contributed by atoms with E-state index in [0.29, 0.717) is 6.04 Å². The molecule has 0 bridgehead atoms. The maximum Gasteiger partial charge on any atom is 0.0223 e. The van der Waals surface area contributed by atoms with Gasteiger partial charge in [-0.1, -0.05) is 0 Å². The van der Waals surface area contributed by atoms with Gasteiger partial charge in [0.2, 0.25) is 0 Å². The first-order valence-corrected chi connectivity index (χ1v) is 3.33. The van der Waals surface area contributed by atoms with E-state index in [2.05, 4.69) is 38.7 Å². The van der Waals surface area contributed by atoms with Crippen molar-refractivity contribution in [2.45, 2.75) is 31.6 Å². The van der Waals surface area contributed by atoms with Crippen molar-refractivity contribution >= 4 is 12.6 Å². The van der Waals surface area contributed by atoms with E-state index in [1.165, 1.54) is 0 Å². The summed E-state index contributed by atoms with van der Waals surface area (Å²) >= 11 is 4.37. The second kappa shape index (κ2) is 2.74. The lowest BCUT2D eigenvalue weighted by Gasteiger charge is -2.25. The number of hydrogen-bond acceptors (Lipinski definition) is 2. The Hall–Kier alpha value is 0.310. The third kappa shape index (κ3) is 2.58. The molecule has 2 heteroatoms. The van der Waals surface area contributed by atoms with E-state index < -0.39 is 0 Å². The Morgan fingerprint density at radius 1 is 1.50 bits per heavy atom. The van der Waals surface area contributed by atoms with Gasteiger partial charge in [0.1, 0.15) is 0 Å². The molecular formula is C6H15NS. The zero-order valence-corrected chi connectivity index (χ0v) is 6.92. The van der Waals surface area contributed by atoms with Crippen LogP contribution >= 0.6 is 12.6 Å². The van der Waals surface area contributed by atoms with E-state index in [4.69, 9.17) is 0 Å². The Morgan fingerprint density at radius 2 is 1.88 bits per heavy atom. The highest BCUT2D eigenvalue weighted by molar-refractivity contribution is 7.81. The lowest BCUT2D eigenvalue weighted by Crippen LogP contribution is -2.38. The zero-order valence-electron chi connectivity index (χ0n) is 6.02. The fourth-order valence-electron chi connectivity index (χ4n) is 0.353. The van der Waals surface area contributed by atoms with Gasteiger partial charge < -0.3 is 5.32 Å². The topological polar surface area (TPSA) is 12.0 Å². The van der Waals surface area contributed by atoms with Crippen LogP contribution in [0.3, 0.4) is 0 Å². The normalized spacial score (nSPS) is 16.1. The summed E-state index contributed by atoms with van der Waals surface area (Å²) < 4.78 is 0.0920. The Kier molecular flexibility index (Phi) is 2.84. The predicted molar refractivity (Wildman–Crippen MR) is 41.6 cm³/mol. The molecular weight excluding hydrogens is 118 g/mol. The van der Waals surface area contributed by atoms with Crippen LogP contribution in [0.5, 0.6) is 0 Å². The average molecular weight is 133 g/mol. The summed E-state index contributed by atoms with van der Waals surface area (Å²) in [4.78, 5) is 0. The van der Waals surface area contributed by atoms with Crippen LogP contribution in [0, 0.1) is 0 Å². The highest BCUT2D eigenvalue weighted by Crippen LogP contribution is 2.15. The number of hydrogen-bond donors (Lipinski definition) is 2. The number of rotatable bonds is 2. The van der Waals surface area contributed by atoms with Gasteiger partial charge >= 0.3 is 0 Å². The highest BCUT2D eigenvalue weighted by atomic mass is 32.1. The summed E-state index contributed by atoms with van der Waals surface area (Å²) in [5.74, 6) is 0. The maximum atomic E-state index is 4.37. The summed E-state index contributed by atoms with van der Waals surface area (Å²) in [5, 5.41) is 3.13. The van der Waals surface area contributed by atoms with E-state index >= 15 is 0 Å². The minimum absolute atomic E-state index is 0.0920. The van der Waals surface area contributed by atoms with Gasteiger partial charge in [-0.3, -0.25) is 0 Å². The van der Waals surface area contributed by atoms with E-state index in [1.807, 2.05) is 7.05 Å². The molecule has 0 spiro atoms. The van der Waals surface area contributed by atoms with Gasteiger partial charge in [-0.25, -0.2) is 0 Å².